The largest absolute Gasteiger partial charge is 0.453 e. The molecule has 0 unspecified atom stereocenters. The van der Waals surface area contributed by atoms with Crippen LogP contribution in [0.1, 0.15) is 0 Å². The first-order valence-corrected chi connectivity index (χ1v) is 7.82. The van der Waals surface area contributed by atoms with Gasteiger partial charge < -0.3 is 4.74 Å². The van der Waals surface area contributed by atoms with Gasteiger partial charge in [0, 0.05) is 7.05 Å². The van der Waals surface area contributed by atoms with Crippen LogP contribution >= 0.6 is 0 Å². The zero-order valence-electron chi connectivity index (χ0n) is 8.63. The molecule has 0 radical (unpaired) electrons. The average Bonchev–Trinajstić information content (AvgIpc) is 1.99. The molecule has 0 rings (SSSR count). The number of hydrogen-bond donors (Lipinski definition) is 0. The van der Waals surface area contributed by atoms with Gasteiger partial charge in [0.2, 0.25) is 0 Å². The van der Waals surface area contributed by atoms with E-state index >= 15 is 0 Å². The molecular formula is C8H16N2O2Si. The highest BCUT2D eigenvalue weighted by atomic mass is 28.3. The predicted molar refractivity (Wildman–Crippen MR) is 52.9 cm³/mol. The molecule has 0 saturated carbocycles. The van der Waals surface area contributed by atoms with Gasteiger partial charge in [-0.3, -0.25) is 4.90 Å². The van der Waals surface area contributed by atoms with Crippen molar-refractivity contribution in [1.82, 2.24) is 4.90 Å². The Bertz CT molecular complexity index is 217. The number of carbonyl (C=O) groups is 1. The highest BCUT2D eigenvalue weighted by Crippen LogP contribution is 2.01. The summed E-state index contributed by atoms with van der Waals surface area (Å²) in [6.07, 6.45) is 0.0886. The van der Waals surface area contributed by atoms with Crippen LogP contribution in [0.15, 0.2) is 0 Å². The van der Waals surface area contributed by atoms with Crippen molar-refractivity contribution in [1.29, 1.82) is 5.26 Å². The first-order valence-electron chi connectivity index (χ1n) is 4.11. The molecule has 0 saturated heterocycles. The van der Waals surface area contributed by atoms with E-state index in [9.17, 15) is 4.79 Å². The van der Waals surface area contributed by atoms with Gasteiger partial charge in [-0.2, -0.15) is 5.26 Å². The quantitative estimate of drug-likeness (QED) is 0.512. The first-order chi connectivity index (χ1) is 5.87. The number of hydrogen-bond acceptors (Lipinski definition) is 3. The fraction of sp³-hybridized carbons (Fsp3) is 0.750. The van der Waals surface area contributed by atoms with Gasteiger partial charge >= 0.3 is 6.09 Å². The van der Waals surface area contributed by atoms with Gasteiger partial charge in [-0.05, 0) is 0 Å². The van der Waals surface area contributed by atoms with Crippen LogP contribution in [0.5, 0.6) is 0 Å². The maximum absolute atomic E-state index is 11.2. The number of carbonyl (C=O) groups excluding carboxylic acids is 1. The highest BCUT2D eigenvalue weighted by molar-refractivity contribution is 6.76. The van der Waals surface area contributed by atoms with E-state index in [1.54, 1.807) is 7.05 Å². The average molecular weight is 200 g/mol. The van der Waals surface area contributed by atoms with Crippen molar-refractivity contribution in [3.63, 3.8) is 0 Å². The molecule has 0 aliphatic heterocycles. The first kappa shape index (κ1) is 12.0. The molecule has 0 atom stereocenters. The number of nitriles is 1. The third-order valence-electron chi connectivity index (χ3n) is 1.25. The lowest BCUT2D eigenvalue weighted by atomic mass is 10.6. The van der Waals surface area contributed by atoms with Gasteiger partial charge in [0.25, 0.3) is 0 Å². The van der Waals surface area contributed by atoms with Crippen LogP contribution in [0.4, 0.5) is 4.79 Å². The number of amides is 1. The van der Waals surface area contributed by atoms with Crippen LogP contribution in [-0.4, -0.2) is 38.9 Å². The Hall–Kier alpha value is -1.02. The third kappa shape index (κ3) is 6.17. The van der Waals surface area contributed by atoms with E-state index in [4.69, 9.17) is 10.00 Å². The Morgan fingerprint density at radius 3 is 2.46 bits per heavy atom. The Kier molecular flexibility index (Phi) is 4.49. The van der Waals surface area contributed by atoms with Gasteiger partial charge in [0.15, 0.2) is 0 Å². The molecule has 0 heterocycles. The normalized spacial score (nSPS) is 10.4. The minimum atomic E-state index is -1.34. The summed E-state index contributed by atoms with van der Waals surface area (Å²) < 4.78 is 5.02. The SMILES string of the molecule is CN(CC#N)C(=O)OC[Si](C)(C)C. The zero-order chi connectivity index (χ0) is 10.5. The molecule has 0 aromatic carbocycles. The minimum absolute atomic E-state index is 0.0739. The fourth-order valence-electron chi connectivity index (χ4n) is 0.559. The summed E-state index contributed by atoms with van der Waals surface area (Å²) >= 11 is 0. The zero-order valence-corrected chi connectivity index (χ0v) is 9.63. The van der Waals surface area contributed by atoms with Crippen LogP contribution in [0.25, 0.3) is 0 Å². The molecule has 0 aromatic heterocycles. The van der Waals surface area contributed by atoms with Crippen molar-refractivity contribution >= 4 is 14.2 Å². The van der Waals surface area contributed by atoms with Crippen molar-refractivity contribution < 1.29 is 9.53 Å². The van der Waals surface area contributed by atoms with Gasteiger partial charge in [0.1, 0.15) is 6.54 Å². The Labute approximate surface area is 80.1 Å². The van der Waals surface area contributed by atoms with E-state index < -0.39 is 14.2 Å². The molecule has 4 nitrogen and oxygen atoms in total. The van der Waals surface area contributed by atoms with Gasteiger partial charge in [-0.1, -0.05) is 19.6 Å². The maximum atomic E-state index is 11.2. The van der Waals surface area contributed by atoms with Crippen molar-refractivity contribution in [2.45, 2.75) is 19.6 Å². The molecule has 0 bridgehead atoms. The number of ether oxygens (including phenoxy) is 1. The van der Waals surface area contributed by atoms with E-state index in [0.717, 1.165) is 0 Å². The topological polar surface area (TPSA) is 53.3 Å². The predicted octanol–water partition coefficient (Wildman–Crippen LogP) is 1.46. The van der Waals surface area contributed by atoms with E-state index in [1.165, 1.54) is 4.90 Å². The van der Waals surface area contributed by atoms with E-state index in [0.29, 0.717) is 6.23 Å². The molecule has 0 spiro atoms. The monoisotopic (exact) mass is 200 g/mol. The second-order valence-corrected chi connectivity index (χ2v) is 9.54. The molecule has 0 aliphatic rings. The summed E-state index contributed by atoms with van der Waals surface area (Å²) in [7, 11) is 0.210. The smallest absolute Gasteiger partial charge is 0.410 e. The van der Waals surface area contributed by atoms with Crippen LogP contribution in [0.3, 0.4) is 0 Å². The molecule has 1 amide bonds. The molecule has 0 aliphatic carbocycles. The van der Waals surface area contributed by atoms with Crippen molar-refractivity contribution in [2.75, 3.05) is 19.8 Å². The third-order valence-corrected chi connectivity index (χ3v) is 2.26. The summed E-state index contributed by atoms with van der Waals surface area (Å²) in [5, 5.41) is 8.32. The summed E-state index contributed by atoms with van der Waals surface area (Å²) in [6.45, 7) is 6.42. The lowest BCUT2D eigenvalue weighted by molar-refractivity contribution is 0.129. The van der Waals surface area contributed by atoms with Crippen molar-refractivity contribution in [2.24, 2.45) is 0 Å². The molecule has 0 N–H and O–H groups in total. The lowest BCUT2D eigenvalue weighted by Gasteiger charge is -2.18. The Morgan fingerprint density at radius 1 is 1.54 bits per heavy atom. The Balaban J connectivity index is 3.83. The summed E-state index contributed by atoms with van der Waals surface area (Å²) in [4.78, 5) is 12.4. The molecule has 0 fully saturated rings. The summed E-state index contributed by atoms with van der Waals surface area (Å²) in [5.74, 6) is 0. The van der Waals surface area contributed by atoms with Gasteiger partial charge in [-0.25, -0.2) is 4.79 Å². The molecule has 13 heavy (non-hydrogen) atoms. The lowest BCUT2D eigenvalue weighted by Crippen LogP contribution is -2.35. The molecule has 5 heteroatoms. The van der Waals surface area contributed by atoms with E-state index in [-0.39, 0.29) is 6.54 Å². The molecular weight excluding hydrogens is 184 g/mol. The number of nitrogens with zero attached hydrogens (tertiary/aromatic N) is 2. The van der Waals surface area contributed by atoms with Crippen LogP contribution in [0.2, 0.25) is 19.6 Å². The van der Waals surface area contributed by atoms with Crippen LogP contribution in [0, 0.1) is 11.3 Å². The minimum Gasteiger partial charge on any atom is -0.453 e. The molecule has 74 valence electrons. The number of rotatable bonds is 3. The standard InChI is InChI=1S/C8H16N2O2Si/c1-10(6-5-9)8(11)12-7-13(2,3)4/h6-7H2,1-4H3. The van der Waals surface area contributed by atoms with E-state index in [1.807, 2.05) is 6.07 Å². The van der Waals surface area contributed by atoms with Gasteiger partial charge in [0.05, 0.1) is 20.4 Å². The Morgan fingerprint density at radius 2 is 2.08 bits per heavy atom. The highest BCUT2D eigenvalue weighted by Gasteiger charge is 2.17. The summed E-state index contributed by atoms with van der Waals surface area (Å²) in [6, 6.07) is 1.88. The van der Waals surface area contributed by atoms with Crippen LogP contribution < -0.4 is 0 Å². The second-order valence-electron chi connectivity index (χ2n) is 4.13. The maximum Gasteiger partial charge on any atom is 0.410 e. The fourth-order valence-corrected chi connectivity index (χ4v) is 1.12. The van der Waals surface area contributed by atoms with Crippen molar-refractivity contribution in [3.8, 4) is 6.07 Å². The van der Waals surface area contributed by atoms with Gasteiger partial charge in [-0.15, -0.1) is 0 Å². The van der Waals surface area contributed by atoms with E-state index in [2.05, 4.69) is 19.6 Å². The molecule has 0 aromatic rings. The van der Waals surface area contributed by atoms with Crippen LogP contribution in [-0.2, 0) is 4.74 Å². The second kappa shape index (κ2) is 4.87. The summed E-state index contributed by atoms with van der Waals surface area (Å²) in [5.41, 5.74) is 0. The van der Waals surface area contributed by atoms with Crippen molar-refractivity contribution in [3.05, 3.63) is 0 Å².